The Balaban J connectivity index is 2.27. The first-order valence-corrected chi connectivity index (χ1v) is 4.54. The van der Waals surface area contributed by atoms with Crippen molar-refractivity contribution >= 4 is 17.3 Å². The van der Waals surface area contributed by atoms with E-state index in [9.17, 15) is 0 Å². The topological polar surface area (TPSA) is 27.3 Å². The second-order valence-corrected chi connectivity index (χ2v) is 2.99. The molecule has 0 bridgehead atoms. The zero-order valence-electron chi connectivity index (χ0n) is 6.89. The third-order valence-electron chi connectivity index (χ3n) is 1.68. The van der Waals surface area contributed by atoms with E-state index in [0.717, 1.165) is 24.7 Å². The van der Waals surface area contributed by atoms with E-state index in [4.69, 9.17) is 12.2 Å². The van der Waals surface area contributed by atoms with Gasteiger partial charge in [-0.2, -0.15) is 0 Å². The Morgan fingerprint density at radius 1 is 1.64 bits per heavy atom. The quantitative estimate of drug-likeness (QED) is 0.564. The first kappa shape index (κ1) is 8.74. The molecule has 0 unspecified atom stereocenters. The summed E-state index contributed by atoms with van der Waals surface area (Å²) in [4.78, 5) is 0. The van der Waals surface area contributed by atoms with Gasteiger partial charge < -0.3 is 5.32 Å². The van der Waals surface area contributed by atoms with Gasteiger partial charge in [-0.1, -0.05) is 0 Å². The largest absolute Gasteiger partial charge is 0.362 e. The van der Waals surface area contributed by atoms with Gasteiger partial charge in [-0.15, -0.1) is 0 Å². The van der Waals surface area contributed by atoms with Crippen molar-refractivity contribution in [1.82, 2.24) is 15.8 Å². The van der Waals surface area contributed by atoms with Gasteiger partial charge in [-0.3, -0.25) is 5.01 Å². The van der Waals surface area contributed by atoms with Gasteiger partial charge >= 0.3 is 0 Å². The van der Waals surface area contributed by atoms with Crippen LogP contribution in [-0.4, -0.2) is 29.8 Å². The zero-order chi connectivity index (χ0) is 8.10. The second kappa shape index (κ2) is 4.51. The molecular weight excluding hydrogens is 158 g/mol. The van der Waals surface area contributed by atoms with Crippen LogP contribution in [0.1, 0.15) is 19.8 Å². The highest BCUT2D eigenvalue weighted by Crippen LogP contribution is 1.98. The van der Waals surface area contributed by atoms with E-state index in [0.29, 0.717) is 0 Å². The molecule has 1 heterocycles. The van der Waals surface area contributed by atoms with Crippen LogP contribution in [0, 0.1) is 0 Å². The molecule has 0 spiro atoms. The van der Waals surface area contributed by atoms with Gasteiger partial charge in [-0.25, -0.2) is 5.43 Å². The Kier molecular flexibility index (Phi) is 3.59. The molecule has 1 aliphatic rings. The summed E-state index contributed by atoms with van der Waals surface area (Å²) in [7, 11) is 0. The number of hydrazine groups is 1. The van der Waals surface area contributed by atoms with Crippen LogP contribution >= 0.6 is 12.2 Å². The average molecular weight is 173 g/mol. The molecule has 0 aliphatic carbocycles. The first-order chi connectivity index (χ1) is 5.34. The number of nitrogens with one attached hydrogen (secondary N) is 2. The van der Waals surface area contributed by atoms with Crippen LogP contribution in [0.5, 0.6) is 0 Å². The minimum atomic E-state index is 0.826. The van der Waals surface area contributed by atoms with Crippen molar-refractivity contribution in [2.24, 2.45) is 0 Å². The molecule has 1 rings (SSSR count). The summed E-state index contributed by atoms with van der Waals surface area (Å²) >= 11 is 5.13. The Labute approximate surface area is 73.1 Å². The van der Waals surface area contributed by atoms with E-state index < -0.39 is 0 Å². The van der Waals surface area contributed by atoms with E-state index >= 15 is 0 Å². The molecule has 2 N–H and O–H groups in total. The Morgan fingerprint density at radius 2 is 2.45 bits per heavy atom. The van der Waals surface area contributed by atoms with Gasteiger partial charge in [0.1, 0.15) is 0 Å². The van der Waals surface area contributed by atoms with Crippen LogP contribution in [0.25, 0.3) is 0 Å². The molecule has 0 aromatic heterocycles. The molecule has 0 saturated carbocycles. The second-order valence-electron chi connectivity index (χ2n) is 2.60. The SMILES string of the molecule is CCNC(=S)N1CCCCN1. The van der Waals surface area contributed by atoms with Gasteiger partial charge in [-0.05, 0) is 32.0 Å². The summed E-state index contributed by atoms with van der Waals surface area (Å²) in [6.07, 6.45) is 2.49. The third-order valence-corrected chi connectivity index (χ3v) is 2.05. The molecule has 0 atom stereocenters. The van der Waals surface area contributed by atoms with Crippen LogP contribution in [0.4, 0.5) is 0 Å². The summed E-state index contributed by atoms with van der Waals surface area (Å²) in [5, 5.41) is 5.95. The Hall–Kier alpha value is -0.350. The van der Waals surface area contributed by atoms with Gasteiger partial charge in [0.25, 0.3) is 0 Å². The third kappa shape index (κ3) is 2.63. The normalized spacial score (nSPS) is 18.1. The fourth-order valence-electron chi connectivity index (χ4n) is 1.11. The molecule has 64 valence electrons. The molecule has 1 aliphatic heterocycles. The smallest absolute Gasteiger partial charge is 0.183 e. The standard InChI is InChI=1S/C7H15N3S/c1-2-8-7(11)10-6-4-3-5-9-10/h9H,2-6H2,1H3,(H,8,11). The van der Waals surface area contributed by atoms with Crippen LogP contribution < -0.4 is 10.7 Å². The van der Waals surface area contributed by atoms with E-state index in [2.05, 4.69) is 17.7 Å². The first-order valence-electron chi connectivity index (χ1n) is 4.13. The molecule has 0 aromatic rings. The molecule has 11 heavy (non-hydrogen) atoms. The number of thiocarbonyl (C=S) groups is 1. The molecular formula is C7H15N3S. The molecule has 3 nitrogen and oxygen atoms in total. The summed E-state index contributed by atoms with van der Waals surface area (Å²) in [5.74, 6) is 0. The van der Waals surface area contributed by atoms with E-state index in [1.807, 2.05) is 5.01 Å². The number of hydrogen-bond acceptors (Lipinski definition) is 2. The molecule has 0 radical (unpaired) electrons. The van der Waals surface area contributed by atoms with Crippen molar-refractivity contribution in [3.05, 3.63) is 0 Å². The summed E-state index contributed by atoms with van der Waals surface area (Å²) in [6.45, 7) is 5.03. The number of rotatable bonds is 1. The number of nitrogens with zero attached hydrogens (tertiary/aromatic N) is 1. The van der Waals surface area contributed by atoms with E-state index in [1.165, 1.54) is 12.8 Å². The van der Waals surface area contributed by atoms with Crippen LogP contribution in [0.15, 0.2) is 0 Å². The summed E-state index contributed by atoms with van der Waals surface area (Å²) < 4.78 is 0. The molecule has 0 amide bonds. The van der Waals surface area contributed by atoms with Crippen molar-refractivity contribution in [1.29, 1.82) is 0 Å². The van der Waals surface area contributed by atoms with Crippen LogP contribution in [0.3, 0.4) is 0 Å². The van der Waals surface area contributed by atoms with Crippen molar-refractivity contribution < 1.29 is 0 Å². The summed E-state index contributed by atoms with van der Waals surface area (Å²) in [6, 6.07) is 0. The molecule has 4 heteroatoms. The van der Waals surface area contributed by atoms with Crippen molar-refractivity contribution in [3.63, 3.8) is 0 Å². The van der Waals surface area contributed by atoms with Gasteiger partial charge in [0.05, 0.1) is 0 Å². The lowest BCUT2D eigenvalue weighted by Crippen LogP contribution is -2.51. The maximum absolute atomic E-state index is 5.13. The highest BCUT2D eigenvalue weighted by molar-refractivity contribution is 7.80. The van der Waals surface area contributed by atoms with E-state index in [-0.39, 0.29) is 0 Å². The lowest BCUT2D eigenvalue weighted by molar-refractivity contribution is 0.254. The van der Waals surface area contributed by atoms with Crippen molar-refractivity contribution in [2.75, 3.05) is 19.6 Å². The fraction of sp³-hybridized carbons (Fsp3) is 0.857. The van der Waals surface area contributed by atoms with Gasteiger partial charge in [0, 0.05) is 19.6 Å². The monoisotopic (exact) mass is 173 g/mol. The summed E-state index contributed by atoms with van der Waals surface area (Å²) in [5.41, 5.74) is 3.23. The average Bonchev–Trinajstić information content (AvgIpc) is 2.07. The Morgan fingerprint density at radius 3 is 3.00 bits per heavy atom. The van der Waals surface area contributed by atoms with Crippen molar-refractivity contribution in [2.45, 2.75) is 19.8 Å². The van der Waals surface area contributed by atoms with Gasteiger partial charge in [0.2, 0.25) is 0 Å². The maximum atomic E-state index is 5.13. The molecule has 0 aromatic carbocycles. The van der Waals surface area contributed by atoms with Crippen LogP contribution in [0.2, 0.25) is 0 Å². The minimum Gasteiger partial charge on any atom is -0.362 e. The maximum Gasteiger partial charge on any atom is 0.183 e. The molecule has 1 fully saturated rings. The zero-order valence-corrected chi connectivity index (χ0v) is 7.71. The highest BCUT2D eigenvalue weighted by atomic mass is 32.1. The van der Waals surface area contributed by atoms with E-state index in [1.54, 1.807) is 0 Å². The Bertz CT molecular complexity index is 132. The van der Waals surface area contributed by atoms with Crippen molar-refractivity contribution in [3.8, 4) is 0 Å². The predicted octanol–water partition coefficient (Wildman–Crippen LogP) is 0.481. The number of hydrogen-bond donors (Lipinski definition) is 2. The lowest BCUT2D eigenvalue weighted by Gasteiger charge is -2.29. The van der Waals surface area contributed by atoms with Gasteiger partial charge in [0.15, 0.2) is 5.11 Å². The minimum absolute atomic E-state index is 0.826. The predicted molar refractivity (Wildman–Crippen MR) is 50.2 cm³/mol. The fourth-order valence-corrected chi connectivity index (χ4v) is 1.41. The highest BCUT2D eigenvalue weighted by Gasteiger charge is 2.10. The molecule has 1 saturated heterocycles. The van der Waals surface area contributed by atoms with Crippen LogP contribution in [-0.2, 0) is 0 Å². The lowest BCUT2D eigenvalue weighted by atomic mass is 10.3.